The lowest BCUT2D eigenvalue weighted by Crippen LogP contribution is -2.11. The number of ketones is 2. The second-order valence-electron chi connectivity index (χ2n) is 8.37. The highest BCUT2D eigenvalue weighted by molar-refractivity contribution is 6.14. The van der Waals surface area contributed by atoms with Crippen molar-refractivity contribution in [2.45, 2.75) is 0 Å². The Bertz CT molecular complexity index is 1510. The second-order valence-corrected chi connectivity index (χ2v) is 8.37. The lowest BCUT2D eigenvalue weighted by molar-refractivity contribution is 0.0597. The van der Waals surface area contributed by atoms with E-state index in [1.54, 1.807) is 48.5 Å². The average molecular weight is 499 g/mol. The molecule has 0 saturated heterocycles. The molecule has 0 amide bonds. The Balaban J connectivity index is 0.000000178. The number of carbonyl (C=O) groups is 3. The Kier molecular flexibility index (Phi) is 8.72. The lowest BCUT2D eigenvalue weighted by Gasteiger charge is -2.06. The van der Waals surface area contributed by atoms with Crippen LogP contribution in [-0.2, 0) is 4.74 Å². The smallest absolute Gasteiger partial charge is 0.338 e. The van der Waals surface area contributed by atoms with Crippen molar-refractivity contribution in [1.29, 1.82) is 0 Å². The van der Waals surface area contributed by atoms with Gasteiger partial charge in [-0.2, -0.15) is 0 Å². The van der Waals surface area contributed by atoms with E-state index in [1.165, 1.54) is 7.11 Å². The first-order valence-corrected chi connectivity index (χ1v) is 12.1. The molecule has 5 aromatic carbocycles. The summed E-state index contributed by atoms with van der Waals surface area (Å²) in [6.07, 6.45) is 0. The molecule has 0 spiro atoms. The Morgan fingerprint density at radius 3 is 1.34 bits per heavy atom. The summed E-state index contributed by atoms with van der Waals surface area (Å²) in [7, 11) is 1.30. The highest BCUT2D eigenvalue weighted by Crippen LogP contribution is 2.20. The molecule has 0 N–H and O–H groups in total. The van der Waals surface area contributed by atoms with E-state index in [0.717, 1.165) is 22.3 Å². The number of rotatable bonds is 6. The number of hydrogen-bond acceptors (Lipinski definition) is 4. The number of carbonyl (C=O) groups excluding carboxylic acids is 3. The van der Waals surface area contributed by atoms with Gasteiger partial charge in [-0.1, -0.05) is 133 Å². The molecular weight excluding hydrogens is 472 g/mol. The largest absolute Gasteiger partial charge is 0.465 e. The summed E-state index contributed by atoms with van der Waals surface area (Å²) in [5, 5.41) is 0. The van der Waals surface area contributed by atoms with Crippen LogP contribution in [0.5, 0.6) is 0 Å². The zero-order chi connectivity index (χ0) is 26.7. The molecule has 0 unspecified atom stereocenters. The molecule has 0 fully saturated rings. The average Bonchev–Trinajstić information content (AvgIpc) is 3.01. The fourth-order valence-electron chi connectivity index (χ4n) is 3.91. The maximum absolute atomic E-state index is 12.3. The number of benzene rings is 5. The van der Waals surface area contributed by atoms with Gasteiger partial charge in [-0.15, -0.1) is 0 Å². The van der Waals surface area contributed by atoms with Crippen molar-refractivity contribution < 1.29 is 19.1 Å². The lowest BCUT2D eigenvalue weighted by atomic mass is 9.98. The van der Waals surface area contributed by atoms with E-state index in [4.69, 9.17) is 0 Å². The van der Waals surface area contributed by atoms with Crippen molar-refractivity contribution in [3.63, 3.8) is 0 Å². The summed E-state index contributed by atoms with van der Waals surface area (Å²) >= 11 is 0. The summed E-state index contributed by atoms with van der Waals surface area (Å²) in [6.45, 7) is 0. The monoisotopic (exact) mass is 498 g/mol. The van der Waals surface area contributed by atoms with Crippen molar-refractivity contribution in [2.24, 2.45) is 0 Å². The van der Waals surface area contributed by atoms with Gasteiger partial charge >= 0.3 is 5.97 Å². The van der Waals surface area contributed by atoms with Crippen LogP contribution < -0.4 is 0 Å². The van der Waals surface area contributed by atoms with Crippen LogP contribution in [0.15, 0.2) is 140 Å². The molecule has 5 aromatic rings. The minimum atomic E-state index is -0.505. The molecule has 0 bridgehead atoms. The summed E-state index contributed by atoms with van der Waals surface area (Å²) in [5.41, 5.74) is 4.91. The van der Waals surface area contributed by atoms with E-state index in [2.05, 4.69) is 16.9 Å². The Morgan fingerprint density at radius 1 is 0.421 bits per heavy atom. The van der Waals surface area contributed by atoms with Gasteiger partial charge in [-0.25, -0.2) is 4.79 Å². The van der Waals surface area contributed by atoms with Gasteiger partial charge in [-0.3, -0.25) is 9.59 Å². The van der Waals surface area contributed by atoms with E-state index >= 15 is 0 Å². The van der Waals surface area contributed by atoms with Crippen molar-refractivity contribution in [1.82, 2.24) is 0 Å². The first-order chi connectivity index (χ1) is 18.6. The summed E-state index contributed by atoms with van der Waals surface area (Å²) in [6, 6.07) is 42.7. The quantitative estimate of drug-likeness (QED) is 0.182. The first kappa shape index (κ1) is 26.0. The molecule has 38 heavy (non-hydrogen) atoms. The molecule has 0 aliphatic carbocycles. The van der Waals surface area contributed by atoms with Crippen molar-refractivity contribution in [2.75, 3.05) is 7.11 Å². The van der Waals surface area contributed by atoms with Crippen LogP contribution in [0.1, 0.15) is 42.2 Å². The predicted molar refractivity (Wildman–Crippen MR) is 149 cm³/mol. The normalized spacial score (nSPS) is 10.0. The number of ether oxygens (including phenoxy) is 1. The summed E-state index contributed by atoms with van der Waals surface area (Å²) in [5.74, 6) is -0.628. The van der Waals surface area contributed by atoms with Gasteiger partial charge in [-0.05, 0) is 17.2 Å². The van der Waals surface area contributed by atoms with E-state index < -0.39 is 5.97 Å². The third-order valence-electron chi connectivity index (χ3n) is 5.90. The molecule has 186 valence electrons. The van der Waals surface area contributed by atoms with Crippen LogP contribution >= 0.6 is 0 Å². The minimum absolute atomic E-state index is 0.0604. The third-order valence-corrected chi connectivity index (χ3v) is 5.90. The first-order valence-electron chi connectivity index (χ1n) is 12.1. The molecule has 0 aliphatic rings. The Hall–Kier alpha value is -5.09. The van der Waals surface area contributed by atoms with Crippen LogP contribution in [-0.4, -0.2) is 24.6 Å². The maximum Gasteiger partial charge on any atom is 0.338 e. The predicted octanol–water partition coefficient (Wildman–Crippen LogP) is 7.29. The Labute approximate surface area is 222 Å². The van der Waals surface area contributed by atoms with Crippen molar-refractivity contribution >= 4 is 17.5 Å². The van der Waals surface area contributed by atoms with Gasteiger partial charge < -0.3 is 4.74 Å². The van der Waals surface area contributed by atoms with Gasteiger partial charge in [0.05, 0.1) is 12.7 Å². The highest BCUT2D eigenvalue weighted by Gasteiger charge is 2.17. The summed E-state index contributed by atoms with van der Waals surface area (Å²) in [4.78, 5) is 36.2. The molecule has 0 heterocycles. The van der Waals surface area contributed by atoms with Crippen molar-refractivity contribution in [3.8, 4) is 11.1 Å². The standard InChI is InChI=1S/C19H14O.C15H12O3/c20-19(17-9-5-2-6-10-17)18-13-11-16(12-14-18)15-7-3-1-4-8-15;1-18-15(17)13-10-6-5-9-12(13)14(16)11-7-3-2-4-8-11/h1-14H;2-10H,1H3. The number of methoxy groups -OCH3 is 1. The van der Waals surface area contributed by atoms with Crippen LogP contribution in [0.2, 0.25) is 0 Å². The molecule has 4 heteroatoms. The van der Waals surface area contributed by atoms with Gasteiger partial charge in [0.25, 0.3) is 0 Å². The maximum atomic E-state index is 12.3. The molecule has 0 saturated carbocycles. The van der Waals surface area contributed by atoms with Crippen molar-refractivity contribution in [3.05, 3.63) is 167 Å². The molecule has 4 nitrogen and oxygen atoms in total. The second kappa shape index (κ2) is 12.7. The van der Waals surface area contributed by atoms with Gasteiger partial charge in [0, 0.05) is 22.3 Å². The van der Waals surface area contributed by atoms with Crippen LogP contribution in [0, 0.1) is 0 Å². The Morgan fingerprint density at radius 2 is 0.816 bits per heavy atom. The van der Waals surface area contributed by atoms with Gasteiger partial charge in [0.1, 0.15) is 0 Å². The van der Waals surface area contributed by atoms with E-state index in [-0.39, 0.29) is 17.1 Å². The topological polar surface area (TPSA) is 60.4 Å². The third kappa shape index (κ3) is 6.37. The highest BCUT2D eigenvalue weighted by atomic mass is 16.5. The van der Waals surface area contributed by atoms with Gasteiger partial charge in [0.2, 0.25) is 0 Å². The van der Waals surface area contributed by atoms with E-state index in [9.17, 15) is 14.4 Å². The van der Waals surface area contributed by atoms with Crippen LogP contribution in [0.25, 0.3) is 11.1 Å². The molecule has 0 aromatic heterocycles. The number of esters is 1. The van der Waals surface area contributed by atoms with Gasteiger partial charge in [0.15, 0.2) is 11.6 Å². The molecule has 5 rings (SSSR count). The number of hydrogen-bond donors (Lipinski definition) is 0. The molecule has 0 aliphatic heterocycles. The van der Waals surface area contributed by atoms with Crippen LogP contribution in [0.3, 0.4) is 0 Å². The van der Waals surface area contributed by atoms with E-state index in [0.29, 0.717) is 11.1 Å². The van der Waals surface area contributed by atoms with Crippen LogP contribution in [0.4, 0.5) is 0 Å². The van der Waals surface area contributed by atoms with E-state index in [1.807, 2.05) is 78.9 Å². The molecule has 0 atom stereocenters. The fraction of sp³-hybridized carbons (Fsp3) is 0.0294. The fourth-order valence-corrected chi connectivity index (χ4v) is 3.91. The zero-order valence-corrected chi connectivity index (χ0v) is 20.9. The molecule has 0 radical (unpaired) electrons. The SMILES string of the molecule is COC(=O)c1ccccc1C(=O)c1ccccc1.O=C(c1ccccc1)c1ccc(-c2ccccc2)cc1. The molecular formula is C34H26O4. The minimum Gasteiger partial charge on any atom is -0.465 e. The summed E-state index contributed by atoms with van der Waals surface area (Å²) < 4.78 is 4.67. The zero-order valence-electron chi connectivity index (χ0n) is 20.9.